The molecular weight excluding hydrogens is 282 g/mol. The van der Waals surface area contributed by atoms with Gasteiger partial charge in [0.05, 0.1) is 6.04 Å². The van der Waals surface area contributed by atoms with Gasteiger partial charge in [-0.05, 0) is 31.8 Å². The topological polar surface area (TPSA) is 35.6 Å². The molecule has 0 aliphatic carbocycles. The maximum absolute atomic E-state index is 11.9. The summed E-state index contributed by atoms with van der Waals surface area (Å²) in [5.41, 5.74) is 0. The highest BCUT2D eigenvalue weighted by Gasteiger charge is 2.29. The van der Waals surface area contributed by atoms with Crippen LogP contribution in [0.3, 0.4) is 0 Å². The molecule has 1 saturated heterocycles. The first-order valence-corrected chi connectivity index (χ1v) is 8.75. The number of rotatable bonds is 6. The predicted molar refractivity (Wildman–Crippen MR) is 88.6 cm³/mol. The number of amides is 1. The Morgan fingerprint density at radius 1 is 1.38 bits per heavy atom. The number of carbonyl (C=O) groups excluding carboxylic acids is 1. The zero-order valence-corrected chi connectivity index (χ0v) is 14.2. The lowest BCUT2D eigenvalue weighted by Crippen LogP contribution is -2.51. The first-order valence-electron chi connectivity index (χ1n) is 7.87. The molecule has 0 spiro atoms. The monoisotopic (exact) mass is 309 g/mol. The normalized spacial score (nSPS) is 20.1. The number of carbonyl (C=O) groups is 1. The van der Waals surface area contributed by atoms with Gasteiger partial charge in [-0.25, -0.2) is 0 Å². The second kappa shape index (κ2) is 7.92. The van der Waals surface area contributed by atoms with Crippen LogP contribution in [-0.4, -0.2) is 55.0 Å². The van der Waals surface area contributed by atoms with Crippen LogP contribution in [0.5, 0.6) is 0 Å². The fourth-order valence-electron chi connectivity index (χ4n) is 2.93. The van der Waals surface area contributed by atoms with E-state index in [1.807, 2.05) is 6.92 Å². The summed E-state index contributed by atoms with van der Waals surface area (Å²) in [6.45, 7) is 8.49. The van der Waals surface area contributed by atoms with Gasteiger partial charge in [0.15, 0.2) is 0 Å². The van der Waals surface area contributed by atoms with E-state index in [-0.39, 0.29) is 11.9 Å². The molecule has 0 bridgehead atoms. The third kappa shape index (κ3) is 4.53. The van der Waals surface area contributed by atoms with Crippen molar-refractivity contribution < 1.29 is 4.79 Å². The Morgan fingerprint density at radius 3 is 2.67 bits per heavy atom. The summed E-state index contributed by atoms with van der Waals surface area (Å²) in [4.78, 5) is 18.2. The van der Waals surface area contributed by atoms with E-state index in [4.69, 9.17) is 0 Å². The van der Waals surface area contributed by atoms with Gasteiger partial charge in [-0.1, -0.05) is 13.0 Å². The number of likely N-dealkylation sites (N-methyl/N-ethyl adjacent to an activating group) is 1. The van der Waals surface area contributed by atoms with E-state index in [1.165, 1.54) is 4.88 Å². The third-order valence-electron chi connectivity index (χ3n) is 4.11. The number of nitrogens with one attached hydrogen (secondary N) is 1. The van der Waals surface area contributed by atoms with Crippen LogP contribution in [0.25, 0.3) is 0 Å². The van der Waals surface area contributed by atoms with E-state index < -0.39 is 0 Å². The van der Waals surface area contributed by atoms with Crippen LogP contribution in [0.1, 0.15) is 37.6 Å². The maximum Gasteiger partial charge on any atom is 0.220 e. The number of hydrogen-bond donors (Lipinski definition) is 1. The lowest BCUT2D eigenvalue weighted by molar-refractivity contribution is -0.122. The molecule has 0 saturated carbocycles. The van der Waals surface area contributed by atoms with Crippen molar-refractivity contribution in [1.29, 1.82) is 0 Å². The van der Waals surface area contributed by atoms with Crippen molar-refractivity contribution in [3.63, 3.8) is 0 Å². The largest absolute Gasteiger partial charge is 0.352 e. The SMILES string of the molecule is CCCC(=O)N[C@H](C)[C@@H](c1cccs1)N1CCN(C)CC1. The number of piperazine rings is 1. The maximum atomic E-state index is 11.9. The van der Waals surface area contributed by atoms with Gasteiger partial charge in [-0.15, -0.1) is 11.3 Å². The van der Waals surface area contributed by atoms with Crippen LogP contribution >= 0.6 is 11.3 Å². The molecule has 2 atom stereocenters. The highest BCUT2D eigenvalue weighted by atomic mass is 32.1. The zero-order chi connectivity index (χ0) is 15.2. The summed E-state index contributed by atoms with van der Waals surface area (Å²) in [7, 11) is 2.17. The molecule has 5 heteroatoms. The summed E-state index contributed by atoms with van der Waals surface area (Å²) >= 11 is 1.79. The van der Waals surface area contributed by atoms with Crippen molar-refractivity contribution in [3.05, 3.63) is 22.4 Å². The Labute approximate surface area is 132 Å². The second-order valence-corrected chi connectivity index (χ2v) is 6.88. The first-order chi connectivity index (χ1) is 10.1. The van der Waals surface area contributed by atoms with Crippen LogP contribution in [-0.2, 0) is 4.79 Å². The van der Waals surface area contributed by atoms with Crippen LogP contribution in [0, 0.1) is 0 Å². The highest BCUT2D eigenvalue weighted by molar-refractivity contribution is 7.10. The van der Waals surface area contributed by atoms with Crippen LogP contribution in [0.4, 0.5) is 0 Å². The number of thiophene rings is 1. The Balaban J connectivity index is 2.07. The molecular formula is C16H27N3OS. The van der Waals surface area contributed by atoms with Crippen LogP contribution < -0.4 is 5.32 Å². The fourth-order valence-corrected chi connectivity index (χ4v) is 3.90. The van der Waals surface area contributed by atoms with Crippen molar-refractivity contribution in [2.45, 2.75) is 38.8 Å². The molecule has 2 rings (SSSR count). The lowest BCUT2D eigenvalue weighted by Gasteiger charge is -2.40. The Bertz CT molecular complexity index is 427. The van der Waals surface area contributed by atoms with Crippen molar-refractivity contribution in [1.82, 2.24) is 15.1 Å². The molecule has 1 aliphatic rings. The quantitative estimate of drug-likeness (QED) is 0.876. The Hall–Kier alpha value is -0.910. The lowest BCUT2D eigenvalue weighted by atomic mass is 10.0. The van der Waals surface area contributed by atoms with Gasteiger partial charge in [0.2, 0.25) is 5.91 Å². The summed E-state index contributed by atoms with van der Waals surface area (Å²) < 4.78 is 0. The summed E-state index contributed by atoms with van der Waals surface area (Å²) in [5, 5.41) is 5.31. The molecule has 0 radical (unpaired) electrons. The minimum absolute atomic E-state index is 0.145. The molecule has 1 aromatic heterocycles. The van der Waals surface area contributed by atoms with Crippen molar-refractivity contribution >= 4 is 17.2 Å². The summed E-state index contributed by atoms with van der Waals surface area (Å²) in [6.07, 6.45) is 1.51. The van der Waals surface area contributed by atoms with E-state index in [0.717, 1.165) is 32.6 Å². The first kappa shape index (κ1) is 16.5. The zero-order valence-electron chi connectivity index (χ0n) is 13.3. The molecule has 0 unspecified atom stereocenters. The average molecular weight is 309 g/mol. The number of hydrogen-bond acceptors (Lipinski definition) is 4. The predicted octanol–water partition coefficient (Wildman–Crippen LogP) is 2.34. The molecule has 1 fully saturated rings. The molecule has 21 heavy (non-hydrogen) atoms. The van der Waals surface area contributed by atoms with Gasteiger partial charge in [-0.2, -0.15) is 0 Å². The molecule has 4 nitrogen and oxygen atoms in total. The second-order valence-electron chi connectivity index (χ2n) is 5.91. The fraction of sp³-hybridized carbons (Fsp3) is 0.688. The number of nitrogens with zero attached hydrogens (tertiary/aromatic N) is 2. The van der Waals surface area contributed by atoms with Gasteiger partial charge in [-0.3, -0.25) is 9.69 Å². The van der Waals surface area contributed by atoms with E-state index >= 15 is 0 Å². The minimum atomic E-state index is 0.145. The average Bonchev–Trinajstić information content (AvgIpc) is 2.95. The third-order valence-corrected chi connectivity index (χ3v) is 5.05. The van der Waals surface area contributed by atoms with Crippen LogP contribution in [0.15, 0.2) is 17.5 Å². The molecule has 118 valence electrons. The Kier molecular flexibility index (Phi) is 6.21. The van der Waals surface area contributed by atoms with E-state index in [0.29, 0.717) is 12.5 Å². The van der Waals surface area contributed by atoms with Gasteiger partial charge < -0.3 is 10.2 Å². The smallest absolute Gasteiger partial charge is 0.220 e. The van der Waals surface area contributed by atoms with E-state index in [9.17, 15) is 4.79 Å². The molecule has 1 aromatic rings. The molecule has 1 amide bonds. The van der Waals surface area contributed by atoms with E-state index in [2.05, 4.69) is 46.6 Å². The molecule has 1 aliphatic heterocycles. The van der Waals surface area contributed by atoms with Gasteiger partial charge in [0.25, 0.3) is 0 Å². The minimum Gasteiger partial charge on any atom is -0.352 e. The standard InChI is InChI=1S/C16H27N3OS/c1-4-6-15(20)17-13(2)16(14-7-5-12-21-14)19-10-8-18(3)9-11-19/h5,7,12-13,16H,4,6,8-11H2,1-3H3,(H,17,20)/t13-,16+/m1/s1. The van der Waals surface area contributed by atoms with E-state index in [1.54, 1.807) is 11.3 Å². The van der Waals surface area contributed by atoms with Crippen molar-refractivity contribution in [3.8, 4) is 0 Å². The van der Waals surface area contributed by atoms with Crippen molar-refractivity contribution in [2.24, 2.45) is 0 Å². The van der Waals surface area contributed by atoms with Gasteiger partial charge in [0, 0.05) is 43.5 Å². The molecule has 1 N–H and O–H groups in total. The Morgan fingerprint density at radius 2 is 2.10 bits per heavy atom. The summed E-state index contributed by atoms with van der Waals surface area (Å²) in [5.74, 6) is 0.167. The summed E-state index contributed by atoms with van der Waals surface area (Å²) in [6, 6.07) is 4.73. The van der Waals surface area contributed by atoms with Gasteiger partial charge >= 0.3 is 0 Å². The van der Waals surface area contributed by atoms with Crippen LogP contribution in [0.2, 0.25) is 0 Å². The highest BCUT2D eigenvalue weighted by Crippen LogP contribution is 2.29. The van der Waals surface area contributed by atoms with Gasteiger partial charge in [0.1, 0.15) is 0 Å². The van der Waals surface area contributed by atoms with Crippen molar-refractivity contribution in [2.75, 3.05) is 33.2 Å². The molecule has 0 aromatic carbocycles. The molecule has 2 heterocycles.